The Morgan fingerprint density at radius 2 is 1.45 bits per heavy atom. The van der Waals surface area contributed by atoms with Crippen LogP contribution >= 0.6 is 0 Å². The molecule has 2 aromatic rings. The van der Waals surface area contributed by atoms with Gasteiger partial charge in [0.2, 0.25) is 0 Å². The van der Waals surface area contributed by atoms with Gasteiger partial charge < -0.3 is 20.6 Å². The van der Waals surface area contributed by atoms with Crippen LogP contribution in [-0.2, 0) is 0 Å². The van der Waals surface area contributed by atoms with E-state index in [1.54, 1.807) is 43.6 Å². The highest BCUT2D eigenvalue weighted by atomic mass is 15.3. The minimum Gasteiger partial charge on any atom is -0.366 e. The third-order valence-electron chi connectivity index (χ3n) is 3.14. The average Bonchev–Trinajstić information content (AvgIpc) is 3.07. The summed E-state index contributed by atoms with van der Waals surface area (Å²) in [6.45, 7) is 0. The normalized spacial score (nSPS) is 14.5. The van der Waals surface area contributed by atoms with Crippen molar-refractivity contribution >= 4 is 29.8 Å². The quantitative estimate of drug-likeness (QED) is 0.477. The molecule has 5 rings (SSSR count). The first-order valence-electron chi connectivity index (χ1n) is 8.86. The highest BCUT2D eigenvalue weighted by Gasteiger charge is 1.88. The SMILES string of the molecule is C1=CC=NNC=C1.C1=CN=CNC=C1.C1=CNC=CN=C1.c1cc2cc[nH]c2[nH]1. The van der Waals surface area contributed by atoms with Crippen molar-refractivity contribution in [1.29, 1.82) is 0 Å². The molecular weight excluding hydrogens is 364 g/mol. The molecule has 0 unspecified atom stereocenters. The molecular formula is C21H24N8. The van der Waals surface area contributed by atoms with E-state index in [-0.39, 0.29) is 0 Å². The molecule has 0 fully saturated rings. The van der Waals surface area contributed by atoms with Gasteiger partial charge in [-0.2, -0.15) is 5.10 Å². The second-order valence-electron chi connectivity index (χ2n) is 5.22. The van der Waals surface area contributed by atoms with Gasteiger partial charge in [0.1, 0.15) is 5.65 Å². The molecule has 148 valence electrons. The first kappa shape index (κ1) is 21.0. The third kappa shape index (κ3) is 10.4. The van der Waals surface area contributed by atoms with E-state index in [0.717, 1.165) is 5.65 Å². The zero-order valence-electron chi connectivity index (χ0n) is 15.8. The maximum absolute atomic E-state index is 3.82. The van der Waals surface area contributed by atoms with Gasteiger partial charge in [0.05, 0.1) is 6.34 Å². The number of aromatic nitrogens is 2. The molecule has 0 saturated heterocycles. The van der Waals surface area contributed by atoms with Crippen molar-refractivity contribution in [3.05, 3.63) is 98.2 Å². The number of fused-ring (bicyclic) bond motifs is 1. The van der Waals surface area contributed by atoms with Gasteiger partial charge in [-0.1, -0.05) is 6.08 Å². The summed E-state index contributed by atoms with van der Waals surface area (Å²) in [5.41, 5.74) is 3.78. The molecule has 0 atom stereocenters. The van der Waals surface area contributed by atoms with Crippen molar-refractivity contribution in [3.63, 3.8) is 0 Å². The highest BCUT2D eigenvalue weighted by molar-refractivity contribution is 5.75. The zero-order chi connectivity index (χ0) is 20.2. The molecule has 29 heavy (non-hydrogen) atoms. The summed E-state index contributed by atoms with van der Waals surface area (Å²) >= 11 is 0. The molecule has 2 aromatic heterocycles. The van der Waals surface area contributed by atoms with Gasteiger partial charge in [0, 0.05) is 67.4 Å². The Morgan fingerprint density at radius 1 is 0.621 bits per heavy atom. The van der Waals surface area contributed by atoms with E-state index in [1.165, 1.54) is 5.39 Å². The Bertz CT molecular complexity index is 779. The van der Waals surface area contributed by atoms with E-state index >= 15 is 0 Å². The van der Waals surface area contributed by atoms with E-state index in [0.29, 0.717) is 0 Å². The molecule has 3 aliphatic heterocycles. The number of nitrogens with one attached hydrogen (secondary N) is 5. The Balaban J connectivity index is 0.000000138. The van der Waals surface area contributed by atoms with Gasteiger partial charge >= 0.3 is 0 Å². The summed E-state index contributed by atoms with van der Waals surface area (Å²) in [6.07, 6.45) is 30.7. The van der Waals surface area contributed by atoms with Crippen LogP contribution in [0.15, 0.2) is 113 Å². The van der Waals surface area contributed by atoms with E-state index < -0.39 is 0 Å². The fraction of sp³-hybridized carbons (Fsp3) is 0. The number of nitrogens with zero attached hydrogens (tertiary/aromatic N) is 3. The summed E-state index contributed by atoms with van der Waals surface area (Å²) in [7, 11) is 0. The molecule has 0 bridgehead atoms. The number of allylic oxidation sites excluding steroid dienone is 6. The van der Waals surface area contributed by atoms with Gasteiger partial charge in [-0.3, -0.25) is 10.4 Å². The largest absolute Gasteiger partial charge is 0.366 e. The third-order valence-corrected chi connectivity index (χ3v) is 3.14. The zero-order valence-corrected chi connectivity index (χ0v) is 15.8. The maximum Gasteiger partial charge on any atom is 0.114 e. The summed E-state index contributed by atoms with van der Waals surface area (Å²) in [4.78, 5) is 13.7. The van der Waals surface area contributed by atoms with Crippen LogP contribution in [0.3, 0.4) is 0 Å². The summed E-state index contributed by atoms with van der Waals surface area (Å²) < 4.78 is 0. The lowest BCUT2D eigenvalue weighted by molar-refractivity contribution is 0.980. The van der Waals surface area contributed by atoms with Crippen LogP contribution in [0.2, 0.25) is 0 Å². The lowest BCUT2D eigenvalue weighted by Gasteiger charge is -1.78. The number of aliphatic imine (C=N–C) groups is 2. The Kier molecular flexibility index (Phi) is 10.7. The second kappa shape index (κ2) is 14.8. The van der Waals surface area contributed by atoms with Crippen molar-refractivity contribution in [2.75, 3.05) is 0 Å². The van der Waals surface area contributed by atoms with E-state index in [4.69, 9.17) is 0 Å². The fourth-order valence-electron chi connectivity index (χ4n) is 1.88. The predicted octanol–water partition coefficient (Wildman–Crippen LogP) is 3.43. The van der Waals surface area contributed by atoms with Gasteiger partial charge in [-0.05, 0) is 42.5 Å². The van der Waals surface area contributed by atoms with E-state index in [2.05, 4.69) is 41.1 Å². The number of hydrazone groups is 1. The summed E-state index contributed by atoms with van der Waals surface area (Å²) in [5, 5.41) is 10.6. The van der Waals surface area contributed by atoms with Crippen LogP contribution in [0.5, 0.6) is 0 Å². The first-order valence-corrected chi connectivity index (χ1v) is 8.86. The molecule has 0 amide bonds. The smallest absolute Gasteiger partial charge is 0.114 e. The fourth-order valence-corrected chi connectivity index (χ4v) is 1.88. The van der Waals surface area contributed by atoms with Crippen LogP contribution in [0.25, 0.3) is 11.0 Å². The molecule has 8 heteroatoms. The Labute approximate surface area is 169 Å². The van der Waals surface area contributed by atoms with Crippen LogP contribution in [-0.4, -0.2) is 28.7 Å². The minimum absolute atomic E-state index is 1.10. The number of hydrogen-bond acceptors (Lipinski definition) is 6. The van der Waals surface area contributed by atoms with Gasteiger partial charge in [0.15, 0.2) is 0 Å². The molecule has 0 aromatic carbocycles. The standard InChI is InChI=1S/C6H6N2.3C5H6N2/c1-3-7-6-5(1)2-4-8-6;1-2-6-4-5-7-3-1;1-2-4-7-5-6-3-1;1-2-4-6-7-5-3-1/h1-4,7-8H;1-6H;1-5H,(H,6,7);1-6H. The molecule has 0 saturated carbocycles. The molecule has 5 heterocycles. The lowest BCUT2D eigenvalue weighted by atomic mass is 10.4. The highest BCUT2D eigenvalue weighted by Crippen LogP contribution is 2.06. The predicted molar refractivity (Wildman–Crippen MR) is 122 cm³/mol. The van der Waals surface area contributed by atoms with Crippen molar-refractivity contribution < 1.29 is 0 Å². The Hall–Kier alpha value is -4.33. The van der Waals surface area contributed by atoms with Gasteiger partial charge in [0.25, 0.3) is 0 Å². The van der Waals surface area contributed by atoms with Crippen LogP contribution in [0, 0.1) is 0 Å². The summed E-state index contributed by atoms with van der Waals surface area (Å²) in [6, 6.07) is 4.07. The van der Waals surface area contributed by atoms with Crippen molar-refractivity contribution in [1.82, 2.24) is 26.0 Å². The second-order valence-corrected chi connectivity index (χ2v) is 5.22. The monoisotopic (exact) mass is 388 g/mol. The Morgan fingerprint density at radius 3 is 2.31 bits per heavy atom. The molecule has 3 aliphatic rings. The van der Waals surface area contributed by atoms with Crippen LogP contribution in [0.1, 0.15) is 0 Å². The molecule has 0 spiro atoms. The van der Waals surface area contributed by atoms with Crippen LogP contribution < -0.4 is 16.1 Å². The van der Waals surface area contributed by atoms with E-state index in [9.17, 15) is 0 Å². The number of hydrogen-bond donors (Lipinski definition) is 5. The number of H-pyrrole nitrogens is 2. The summed E-state index contributed by atoms with van der Waals surface area (Å²) in [5.74, 6) is 0. The first-order chi connectivity index (χ1) is 14.5. The van der Waals surface area contributed by atoms with E-state index in [1.807, 2.05) is 73.4 Å². The minimum atomic E-state index is 1.10. The molecule has 0 aliphatic carbocycles. The maximum atomic E-state index is 3.82. The molecule has 0 radical (unpaired) electrons. The number of aromatic amines is 2. The molecule has 8 nitrogen and oxygen atoms in total. The average molecular weight is 388 g/mol. The van der Waals surface area contributed by atoms with Crippen LogP contribution in [0.4, 0.5) is 0 Å². The lowest BCUT2D eigenvalue weighted by Crippen LogP contribution is -1.96. The van der Waals surface area contributed by atoms with Crippen molar-refractivity contribution in [3.8, 4) is 0 Å². The van der Waals surface area contributed by atoms with Crippen molar-refractivity contribution in [2.45, 2.75) is 0 Å². The topological polar surface area (TPSA) is 105 Å². The van der Waals surface area contributed by atoms with Crippen molar-refractivity contribution in [2.24, 2.45) is 15.1 Å². The van der Waals surface area contributed by atoms with Gasteiger partial charge in [-0.25, -0.2) is 4.99 Å². The number of rotatable bonds is 0. The van der Waals surface area contributed by atoms with Gasteiger partial charge in [-0.15, -0.1) is 0 Å². The molecule has 5 N–H and O–H groups in total.